The number of anilines is 3. The van der Waals surface area contributed by atoms with Crippen LogP contribution in [0.5, 0.6) is 6.01 Å². The van der Waals surface area contributed by atoms with Crippen molar-refractivity contribution < 1.29 is 27.1 Å². The minimum absolute atomic E-state index is 0.00141. The molecule has 4 saturated heterocycles. The molecule has 2 aromatic carbocycles. The highest BCUT2D eigenvalue weighted by molar-refractivity contribution is 6.32. The second-order valence-electron chi connectivity index (χ2n) is 20.3. The van der Waals surface area contributed by atoms with Crippen LogP contribution in [0, 0.1) is 16.6 Å². The Bertz CT molecular complexity index is 2470. The first-order chi connectivity index (χ1) is 32.2. The zero-order chi connectivity index (χ0) is 46.7. The van der Waals surface area contributed by atoms with Crippen LogP contribution in [0.2, 0.25) is 5.02 Å². The van der Waals surface area contributed by atoms with E-state index in [2.05, 4.69) is 66.1 Å². The average Bonchev–Trinajstić information content (AvgIpc) is 3.99. The smallest absolute Gasteiger partial charge is 0.418 e. The number of ether oxygens (including phenoxy) is 1. The minimum Gasteiger partial charge on any atom is -0.463 e. The molecule has 358 valence electrons. The summed E-state index contributed by atoms with van der Waals surface area (Å²) >= 11 is 6.07. The van der Waals surface area contributed by atoms with Crippen LogP contribution < -0.4 is 30.9 Å². The van der Waals surface area contributed by atoms with Crippen LogP contribution in [0.15, 0.2) is 55.3 Å². The standard InChI is InChI=1S/C50H61ClF4N10O2/c1-3-4-17-65(47(66)57-2)36-9-5-31(6-10-36)32-11-18-63(19-12-32)37-24-48(25-37)15-20-62(21-16-48)29-49(13-14-49)30-67-46-60-44-39(45(61-46)64-27-34-7-8-35(28-64)59-34)26-58-43(42(44)52)38-22-33(56)23-40(51)41(38)50(53,54)55/h3,5-6,9-10,22-23,26,32,34-35,37,59H,1,4,7-8,11-21,24-25,27-30,56H2,2H3,(H,57,66). The predicted octanol–water partition coefficient (Wildman–Crippen LogP) is 9.03. The Balaban J connectivity index is 0.760. The number of nitrogens with two attached hydrogens (primary N) is 1. The summed E-state index contributed by atoms with van der Waals surface area (Å²) in [6.45, 7) is 11.3. The monoisotopic (exact) mass is 944 g/mol. The van der Waals surface area contributed by atoms with Crippen LogP contribution in [0.25, 0.3) is 22.2 Å². The molecule has 6 aliphatic rings. The number of urea groups is 1. The molecule has 10 rings (SSSR count). The number of benzene rings is 2. The molecular formula is C50H61ClF4N10O2. The Morgan fingerprint density at radius 1 is 1.03 bits per heavy atom. The maximum absolute atomic E-state index is 16.8. The van der Waals surface area contributed by atoms with Crippen LogP contribution in [0.4, 0.5) is 39.5 Å². The Kier molecular flexibility index (Phi) is 12.5. The van der Waals surface area contributed by atoms with Gasteiger partial charge in [-0.25, -0.2) is 9.18 Å². The van der Waals surface area contributed by atoms with E-state index >= 15 is 4.39 Å². The molecule has 6 fully saturated rings. The lowest BCUT2D eigenvalue weighted by molar-refractivity contribution is -0.137. The van der Waals surface area contributed by atoms with Crippen molar-refractivity contribution in [1.82, 2.24) is 35.4 Å². The highest BCUT2D eigenvalue weighted by Crippen LogP contribution is 2.53. The maximum atomic E-state index is 16.8. The molecule has 2 aromatic heterocycles. The Hall–Kier alpha value is -4.77. The first kappa shape index (κ1) is 46.0. The molecule has 2 aliphatic carbocycles. The van der Waals surface area contributed by atoms with Crippen molar-refractivity contribution in [2.75, 3.05) is 81.5 Å². The summed E-state index contributed by atoms with van der Waals surface area (Å²) in [6, 6.07) is 11.6. The van der Waals surface area contributed by atoms with Crippen molar-refractivity contribution in [1.29, 1.82) is 0 Å². The highest BCUT2D eigenvalue weighted by Gasteiger charge is 2.51. The van der Waals surface area contributed by atoms with E-state index in [9.17, 15) is 18.0 Å². The van der Waals surface area contributed by atoms with E-state index in [1.54, 1.807) is 11.9 Å². The van der Waals surface area contributed by atoms with E-state index in [1.807, 2.05) is 6.08 Å². The summed E-state index contributed by atoms with van der Waals surface area (Å²) < 4.78 is 66.1. The van der Waals surface area contributed by atoms with Gasteiger partial charge in [-0.1, -0.05) is 29.8 Å². The van der Waals surface area contributed by atoms with E-state index in [4.69, 9.17) is 27.1 Å². The van der Waals surface area contributed by atoms with E-state index in [1.165, 1.54) is 37.4 Å². The normalized spacial score (nSPS) is 23.0. The number of likely N-dealkylation sites (tertiary alicyclic amines) is 2. The largest absolute Gasteiger partial charge is 0.463 e. The molecular weight excluding hydrogens is 884 g/mol. The quantitative estimate of drug-likeness (QED) is 0.0679. The van der Waals surface area contributed by atoms with Crippen LogP contribution in [0.1, 0.15) is 87.7 Å². The molecule has 2 bridgehead atoms. The van der Waals surface area contributed by atoms with Crippen molar-refractivity contribution in [3.63, 3.8) is 0 Å². The Morgan fingerprint density at radius 2 is 1.73 bits per heavy atom. The summed E-state index contributed by atoms with van der Waals surface area (Å²) in [4.78, 5) is 35.3. The first-order valence-corrected chi connectivity index (χ1v) is 24.4. The van der Waals surface area contributed by atoms with E-state index in [-0.39, 0.29) is 40.7 Å². The summed E-state index contributed by atoms with van der Waals surface area (Å²) in [6.07, 6.45) is 10.3. The van der Waals surface area contributed by atoms with Crippen molar-refractivity contribution in [3.05, 3.63) is 77.2 Å². The number of alkyl halides is 3. The van der Waals surface area contributed by atoms with E-state index in [0.29, 0.717) is 54.8 Å². The first-order valence-electron chi connectivity index (χ1n) is 24.1. The number of carbonyl (C=O) groups excluding carboxylic acids is 1. The lowest BCUT2D eigenvalue weighted by atomic mass is 9.59. The number of fused-ring (bicyclic) bond motifs is 3. The number of pyridine rings is 1. The summed E-state index contributed by atoms with van der Waals surface area (Å²) in [5.41, 5.74) is 6.02. The molecule has 4 aliphatic heterocycles. The van der Waals surface area contributed by atoms with Crippen molar-refractivity contribution >= 4 is 45.7 Å². The number of nitrogen functional groups attached to an aromatic ring is 1. The number of nitrogens with one attached hydrogen (secondary N) is 2. The molecule has 67 heavy (non-hydrogen) atoms. The molecule has 4 aromatic rings. The number of piperidine rings is 2. The average molecular weight is 946 g/mol. The van der Waals surface area contributed by atoms with E-state index in [0.717, 1.165) is 95.5 Å². The summed E-state index contributed by atoms with van der Waals surface area (Å²) in [5.74, 6) is -0.0254. The number of nitrogens with zero attached hydrogens (tertiary/aromatic N) is 7. The van der Waals surface area contributed by atoms with Gasteiger partial charge in [-0.15, -0.1) is 6.58 Å². The number of hydrogen-bond donors (Lipinski definition) is 3. The Morgan fingerprint density at radius 3 is 2.37 bits per heavy atom. The van der Waals surface area contributed by atoms with Gasteiger partial charge in [-0.05, 0) is 138 Å². The zero-order valence-corrected chi connectivity index (χ0v) is 38.9. The van der Waals surface area contributed by atoms with Crippen molar-refractivity contribution in [2.45, 2.75) is 101 Å². The fourth-order valence-electron chi connectivity index (χ4n) is 11.8. The van der Waals surface area contributed by atoms with Gasteiger partial charge in [0.05, 0.1) is 22.6 Å². The van der Waals surface area contributed by atoms with Gasteiger partial charge >= 0.3 is 18.2 Å². The van der Waals surface area contributed by atoms with Crippen molar-refractivity contribution in [3.8, 4) is 17.3 Å². The molecule has 2 saturated carbocycles. The Labute approximate surface area is 394 Å². The summed E-state index contributed by atoms with van der Waals surface area (Å²) in [7, 11) is 1.66. The molecule has 6 heterocycles. The molecule has 0 radical (unpaired) electrons. The van der Waals surface area contributed by atoms with Gasteiger partial charge in [-0.3, -0.25) is 9.88 Å². The molecule has 17 heteroatoms. The number of hydrogen-bond acceptors (Lipinski definition) is 10. The van der Waals surface area contributed by atoms with Gasteiger partial charge in [-0.2, -0.15) is 23.1 Å². The van der Waals surface area contributed by atoms with Crippen LogP contribution in [-0.2, 0) is 6.18 Å². The second-order valence-corrected chi connectivity index (χ2v) is 20.7. The molecule has 2 amide bonds. The fraction of sp³-hybridized carbons (Fsp3) is 0.560. The predicted molar refractivity (Wildman–Crippen MR) is 254 cm³/mol. The van der Waals surface area contributed by atoms with Crippen LogP contribution in [0.3, 0.4) is 0 Å². The molecule has 12 nitrogen and oxygen atoms in total. The molecule has 2 unspecified atom stereocenters. The number of piperazine rings is 1. The number of rotatable bonds is 13. The fourth-order valence-corrected chi connectivity index (χ4v) is 12.2. The lowest BCUT2D eigenvalue weighted by Gasteiger charge is -2.56. The molecule has 4 N–H and O–H groups in total. The molecule has 1 spiro atoms. The third kappa shape index (κ3) is 9.39. The van der Waals surface area contributed by atoms with Gasteiger partial charge in [0, 0.05) is 79.9 Å². The van der Waals surface area contributed by atoms with Gasteiger partial charge in [0.1, 0.15) is 17.0 Å². The SMILES string of the molecule is C=CCCN(C(=O)NC)c1ccc(C2CCN(C3CC4(CCN(CC5(COc6nc(N7CC8CCC(C7)N8)c7cnc(-c8cc(N)cc(Cl)c8C(F)(F)F)c(F)c7n6)CC5)CC4)C3)CC2)cc1. The highest BCUT2D eigenvalue weighted by atomic mass is 35.5. The topological polar surface area (TPSA) is 128 Å². The van der Waals surface area contributed by atoms with Gasteiger partial charge < -0.3 is 35.8 Å². The number of aromatic nitrogens is 3. The van der Waals surface area contributed by atoms with Crippen molar-refractivity contribution in [2.24, 2.45) is 10.8 Å². The number of halogens is 5. The van der Waals surface area contributed by atoms with Gasteiger partial charge in [0.15, 0.2) is 5.82 Å². The lowest BCUT2D eigenvalue weighted by Crippen LogP contribution is -2.56. The third-order valence-corrected chi connectivity index (χ3v) is 16.1. The zero-order valence-electron chi connectivity index (χ0n) is 38.2. The second kappa shape index (κ2) is 18.3. The minimum atomic E-state index is -4.89. The van der Waals surface area contributed by atoms with Gasteiger partial charge in [0.25, 0.3) is 0 Å². The van der Waals surface area contributed by atoms with Gasteiger partial charge in [0.2, 0.25) is 0 Å². The number of carbonyl (C=O) groups is 1. The maximum Gasteiger partial charge on any atom is 0.418 e. The summed E-state index contributed by atoms with van der Waals surface area (Å²) in [5, 5.41) is 6.03. The van der Waals surface area contributed by atoms with Crippen LogP contribution in [-0.4, -0.2) is 115 Å². The molecule has 2 atom stereocenters. The van der Waals surface area contributed by atoms with E-state index < -0.39 is 33.8 Å². The third-order valence-electron chi connectivity index (χ3n) is 15.8. The van der Waals surface area contributed by atoms with Crippen LogP contribution >= 0.6 is 11.6 Å². The number of amides is 2.